The molecule has 2 unspecified atom stereocenters. The quantitative estimate of drug-likeness (QED) is 0.350. The SMILES string of the molecule is CCOC(=O)C1(C)CCCN(c2ccnc(Nc3cncc(N4CCCC(Oc5ccccc5OCC)C4)n3)n2)C1. The molecule has 11 heteroatoms. The maximum absolute atomic E-state index is 12.6. The van der Waals surface area contributed by atoms with Crippen LogP contribution >= 0.6 is 0 Å². The number of carbonyl (C=O) groups is 1. The Morgan fingerprint density at radius 1 is 1.02 bits per heavy atom. The summed E-state index contributed by atoms with van der Waals surface area (Å²) in [4.78, 5) is 35.3. The second-order valence-electron chi connectivity index (χ2n) is 10.6. The number of para-hydroxylation sites is 2. The van der Waals surface area contributed by atoms with Crippen molar-refractivity contribution in [2.24, 2.45) is 5.41 Å². The summed E-state index contributed by atoms with van der Waals surface area (Å²) in [6, 6.07) is 9.65. The van der Waals surface area contributed by atoms with Gasteiger partial charge in [0.1, 0.15) is 17.7 Å². The van der Waals surface area contributed by atoms with E-state index in [4.69, 9.17) is 24.2 Å². The lowest BCUT2D eigenvalue weighted by Gasteiger charge is -2.39. The van der Waals surface area contributed by atoms with Crippen molar-refractivity contribution in [3.8, 4) is 11.5 Å². The molecule has 3 aromatic rings. The van der Waals surface area contributed by atoms with E-state index in [0.717, 1.165) is 61.9 Å². The monoisotopic (exact) mass is 561 g/mol. The van der Waals surface area contributed by atoms with Crippen LogP contribution in [0.1, 0.15) is 46.5 Å². The Morgan fingerprint density at radius 2 is 1.85 bits per heavy atom. The number of rotatable bonds is 10. The molecule has 2 saturated heterocycles. The summed E-state index contributed by atoms with van der Waals surface area (Å²) in [5, 5.41) is 3.21. The lowest BCUT2D eigenvalue weighted by molar-refractivity contribution is -0.154. The number of carbonyl (C=O) groups excluding carboxylic acids is 1. The molecule has 1 aromatic carbocycles. The Morgan fingerprint density at radius 3 is 2.68 bits per heavy atom. The smallest absolute Gasteiger partial charge is 0.313 e. The molecule has 11 nitrogen and oxygen atoms in total. The Bertz CT molecular complexity index is 1330. The highest BCUT2D eigenvalue weighted by Gasteiger charge is 2.39. The minimum absolute atomic E-state index is 0.00798. The maximum atomic E-state index is 12.6. The number of piperidine rings is 2. The largest absolute Gasteiger partial charge is 0.490 e. The third-order valence-electron chi connectivity index (χ3n) is 7.44. The van der Waals surface area contributed by atoms with Crippen molar-refractivity contribution in [1.29, 1.82) is 0 Å². The van der Waals surface area contributed by atoms with Gasteiger partial charge in [0.2, 0.25) is 5.95 Å². The number of nitrogens with zero attached hydrogens (tertiary/aromatic N) is 6. The number of hydrogen-bond donors (Lipinski definition) is 1. The summed E-state index contributed by atoms with van der Waals surface area (Å²) in [6.45, 7) is 9.65. The van der Waals surface area contributed by atoms with Crippen LogP contribution in [0.5, 0.6) is 11.5 Å². The molecular weight excluding hydrogens is 522 g/mol. The van der Waals surface area contributed by atoms with Gasteiger partial charge in [-0.1, -0.05) is 12.1 Å². The van der Waals surface area contributed by atoms with Crippen LogP contribution in [0.2, 0.25) is 0 Å². The first-order valence-corrected chi connectivity index (χ1v) is 14.4. The molecule has 0 amide bonds. The number of ether oxygens (including phenoxy) is 3. The molecule has 0 aliphatic carbocycles. The average molecular weight is 562 g/mol. The van der Waals surface area contributed by atoms with E-state index in [1.165, 1.54) is 0 Å². The first-order chi connectivity index (χ1) is 20.0. The van der Waals surface area contributed by atoms with Crippen LogP contribution in [0, 0.1) is 5.41 Å². The molecule has 0 radical (unpaired) electrons. The van der Waals surface area contributed by atoms with Gasteiger partial charge >= 0.3 is 5.97 Å². The topological polar surface area (TPSA) is 115 Å². The highest BCUT2D eigenvalue weighted by Crippen LogP contribution is 2.33. The molecule has 41 heavy (non-hydrogen) atoms. The van der Waals surface area contributed by atoms with Gasteiger partial charge in [-0.3, -0.25) is 9.78 Å². The Hall–Kier alpha value is -4.15. The standard InChI is InChI=1S/C30H39N7O4/c1-4-39-23-11-6-7-12-24(23)41-22-10-8-16-36(20-22)27-19-31-18-25(33-27)34-29-32-15-13-26(35-29)37-17-9-14-30(3,21-37)28(38)40-5-2/h6-7,11-13,15,18-19,22H,4-5,8-10,14,16-17,20-21H2,1-3H3,(H,32,33,34,35). The molecule has 0 spiro atoms. The maximum Gasteiger partial charge on any atom is 0.313 e. The predicted octanol–water partition coefficient (Wildman–Crippen LogP) is 4.63. The Balaban J connectivity index is 1.24. The number of hydrogen-bond acceptors (Lipinski definition) is 11. The summed E-state index contributed by atoms with van der Waals surface area (Å²) in [5.74, 6) is 3.85. The van der Waals surface area contributed by atoms with Gasteiger partial charge in [-0.2, -0.15) is 4.98 Å². The third-order valence-corrected chi connectivity index (χ3v) is 7.44. The number of benzene rings is 1. The Kier molecular flexibility index (Phi) is 9.01. The average Bonchev–Trinajstić information content (AvgIpc) is 2.99. The molecule has 2 aliphatic heterocycles. The van der Waals surface area contributed by atoms with Crippen molar-refractivity contribution in [3.05, 3.63) is 48.9 Å². The zero-order valence-electron chi connectivity index (χ0n) is 24.1. The van der Waals surface area contributed by atoms with Gasteiger partial charge in [-0.15, -0.1) is 0 Å². The number of aromatic nitrogens is 4. The van der Waals surface area contributed by atoms with Gasteiger partial charge in [0.25, 0.3) is 0 Å². The van der Waals surface area contributed by atoms with Crippen LogP contribution in [-0.4, -0.2) is 71.4 Å². The van der Waals surface area contributed by atoms with Crippen molar-refractivity contribution in [2.45, 2.75) is 52.6 Å². The molecule has 0 bridgehead atoms. The minimum atomic E-state index is -0.562. The van der Waals surface area contributed by atoms with Gasteiger partial charge in [0, 0.05) is 25.8 Å². The van der Waals surface area contributed by atoms with Crippen LogP contribution in [0.4, 0.5) is 23.4 Å². The summed E-state index contributed by atoms with van der Waals surface area (Å²) >= 11 is 0. The molecule has 2 fully saturated rings. The fourth-order valence-corrected chi connectivity index (χ4v) is 5.42. The number of nitrogens with one attached hydrogen (secondary N) is 1. The molecule has 2 atom stereocenters. The summed E-state index contributed by atoms with van der Waals surface area (Å²) in [5.41, 5.74) is -0.562. The van der Waals surface area contributed by atoms with Crippen LogP contribution in [0.15, 0.2) is 48.9 Å². The minimum Gasteiger partial charge on any atom is -0.490 e. The van der Waals surface area contributed by atoms with Gasteiger partial charge in [-0.05, 0) is 64.7 Å². The zero-order valence-corrected chi connectivity index (χ0v) is 24.1. The summed E-state index contributed by atoms with van der Waals surface area (Å²) in [7, 11) is 0. The fourth-order valence-electron chi connectivity index (χ4n) is 5.42. The van der Waals surface area contributed by atoms with Gasteiger partial charge in [-0.25, -0.2) is 9.97 Å². The molecular formula is C30H39N7O4. The van der Waals surface area contributed by atoms with Gasteiger partial charge < -0.3 is 29.3 Å². The van der Waals surface area contributed by atoms with Crippen molar-refractivity contribution < 1.29 is 19.0 Å². The van der Waals surface area contributed by atoms with Crippen molar-refractivity contribution >= 4 is 29.4 Å². The van der Waals surface area contributed by atoms with Crippen molar-refractivity contribution in [1.82, 2.24) is 19.9 Å². The third kappa shape index (κ3) is 6.96. The van der Waals surface area contributed by atoms with Crippen LogP contribution < -0.4 is 24.6 Å². The highest BCUT2D eigenvalue weighted by molar-refractivity contribution is 5.77. The van der Waals surface area contributed by atoms with E-state index >= 15 is 0 Å². The first-order valence-electron chi connectivity index (χ1n) is 14.4. The molecule has 2 aliphatic rings. The van der Waals surface area contributed by atoms with Crippen molar-refractivity contribution in [3.63, 3.8) is 0 Å². The van der Waals surface area contributed by atoms with Gasteiger partial charge in [0.15, 0.2) is 17.3 Å². The molecule has 218 valence electrons. The van der Waals surface area contributed by atoms with Crippen LogP contribution in [0.3, 0.4) is 0 Å². The molecule has 1 N–H and O–H groups in total. The molecule has 2 aromatic heterocycles. The normalized spacial score (nSPS) is 20.8. The van der Waals surface area contributed by atoms with E-state index in [9.17, 15) is 4.79 Å². The first kappa shape index (κ1) is 28.4. The summed E-state index contributed by atoms with van der Waals surface area (Å²) < 4.78 is 17.4. The van der Waals surface area contributed by atoms with E-state index in [-0.39, 0.29) is 12.1 Å². The predicted molar refractivity (Wildman–Crippen MR) is 157 cm³/mol. The van der Waals surface area contributed by atoms with Gasteiger partial charge in [0.05, 0.1) is 37.6 Å². The van der Waals surface area contributed by atoms with E-state index in [1.807, 2.05) is 51.1 Å². The van der Waals surface area contributed by atoms with Crippen LogP contribution in [-0.2, 0) is 9.53 Å². The van der Waals surface area contributed by atoms with E-state index in [2.05, 4.69) is 25.1 Å². The lowest BCUT2D eigenvalue weighted by atomic mass is 9.82. The molecule has 0 saturated carbocycles. The second-order valence-corrected chi connectivity index (χ2v) is 10.6. The van der Waals surface area contributed by atoms with E-state index in [1.54, 1.807) is 18.6 Å². The lowest BCUT2D eigenvalue weighted by Crippen LogP contribution is -2.47. The van der Waals surface area contributed by atoms with E-state index < -0.39 is 5.41 Å². The molecule has 4 heterocycles. The van der Waals surface area contributed by atoms with E-state index in [0.29, 0.717) is 38.1 Å². The number of anilines is 4. The highest BCUT2D eigenvalue weighted by atomic mass is 16.5. The second kappa shape index (κ2) is 13.0. The molecule has 5 rings (SSSR count). The van der Waals surface area contributed by atoms with Crippen LogP contribution in [0.25, 0.3) is 0 Å². The zero-order chi connectivity index (χ0) is 28.7. The fraction of sp³-hybridized carbons (Fsp3) is 0.500. The summed E-state index contributed by atoms with van der Waals surface area (Å²) in [6.07, 6.45) is 8.76. The Labute approximate surface area is 241 Å². The number of esters is 1. The van der Waals surface area contributed by atoms with Crippen molar-refractivity contribution in [2.75, 3.05) is 54.5 Å².